The minimum absolute atomic E-state index is 0.139. The number of para-hydroxylation sites is 1. The number of ether oxygens (including phenoxy) is 1. The first kappa shape index (κ1) is 17.9. The number of nitrogens with one attached hydrogen (secondary N) is 2. The predicted octanol–water partition coefficient (Wildman–Crippen LogP) is 2.59. The van der Waals surface area contributed by atoms with Gasteiger partial charge in [0.2, 0.25) is 0 Å². The average molecular weight is 368 g/mol. The molecule has 6 nitrogen and oxygen atoms in total. The van der Waals surface area contributed by atoms with Gasteiger partial charge in [0, 0.05) is 20.0 Å². The molecule has 0 radical (unpaired) electrons. The molecule has 0 saturated carbocycles. The number of fused-ring (bicyclic) bond motifs is 1. The second kappa shape index (κ2) is 8.48. The number of aliphatic imine (C=N–C) groups is 1. The van der Waals surface area contributed by atoms with Crippen LogP contribution in [-0.2, 0) is 6.42 Å². The molecule has 2 unspecified atom stereocenters. The number of furan rings is 1. The van der Waals surface area contributed by atoms with E-state index in [0.717, 1.165) is 50.1 Å². The van der Waals surface area contributed by atoms with E-state index in [1.54, 1.807) is 13.3 Å². The van der Waals surface area contributed by atoms with Gasteiger partial charge in [0.05, 0.1) is 18.8 Å². The smallest absolute Gasteiger partial charge is 0.191 e. The van der Waals surface area contributed by atoms with Crippen molar-refractivity contribution in [2.24, 2.45) is 4.99 Å². The topological polar surface area (TPSA) is 62.0 Å². The van der Waals surface area contributed by atoms with Gasteiger partial charge in [0.15, 0.2) is 5.96 Å². The van der Waals surface area contributed by atoms with E-state index in [1.165, 1.54) is 18.4 Å². The Morgan fingerprint density at radius 3 is 2.78 bits per heavy atom. The second-order valence-electron chi connectivity index (χ2n) is 7.16. The van der Waals surface area contributed by atoms with E-state index in [4.69, 9.17) is 9.15 Å². The van der Waals surface area contributed by atoms with Crippen LogP contribution in [0.15, 0.2) is 52.1 Å². The summed E-state index contributed by atoms with van der Waals surface area (Å²) < 4.78 is 11.7. The van der Waals surface area contributed by atoms with Crippen LogP contribution in [0.3, 0.4) is 0 Å². The summed E-state index contributed by atoms with van der Waals surface area (Å²) in [6.07, 6.45) is 5.33. The Labute approximate surface area is 160 Å². The van der Waals surface area contributed by atoms with Crippen molar-refractivity contribution < 1.29 is 9.15 Å². The van der Waals surface area contributed by atoms with Crippen LogP contribution in [0, 0.1) is 0 Å². The first-order chi connectivity index (χ1) is 13.3. The standard InChI is InChI=1S/C21H28N4O2/c1-22-21(23-14-17-13-16-7-2-3-8-19(16)27-17)24-15-18(20-9-6-12-26-20)25-10-4-5-11-25/h2-3,6-9,12,17-18H,4-5,10-11,13-15H2,1H3,(H2,22,23,24). The largest absolute Gasteiger partial charge is 0.488 e. The van der Waals surface area contributed by atoms with Crippen LogP contribution in [0.25, 0.3) is 0 Å². The molecule has 2 N–H and O–H groups in total. The van der Waals surface area contributed by atoms with Gasteiger partial charge >= 0.3 is 0 Å². The molecule has 27 heavy (non-hydrogen) atoms. The summed E-state index contributed by atoms with van der Waals surface area (Å²) >= 11 is 0. The summed E-state index contributed by atoms with van der Waals surface area (Å²) in [5.74, 6) is 2.80. The van der Waals surface area contributed by atoms with Gasteiger partial charge in [-0.25, -0.2) is 0 Å². The summed E-state index contributed by atoms with van der Waals surface area (Å²) in [6, 6.07) is 12.5. The first-order valence-electron chi connectivity index (χ1n) is 9.80. The molecule has 0 spiro atoms. The minimum Gasteiger partial charge on any atom is -0.488 e. The highest BCUT2D eigenvalue weighted by molar-refractivity contribution is 5.79. The fourth-order valence-electron chi connectivity index (χ4n) is 3.94. The van der Waals surface area contributed by atoms with E-state index in [9.17, 15) is 0 Å². The molecule has 3 heterocycles. The molecule has 1 saturated heterocycles. The maximum absolute atomic E-state index is 6.00. The van der Waals surface area contributed by atoms with Crippen LogP contribution in [0.1, 0.15) is 30.2 Å². The Kier molecular flexibility index (Phi) is 5.63. The van der Waals surface area contributed by atoms with Gasteiger partial charge in [-0.2, -0.15) is 0 Å². The lowest BCUT2D eigenvalue weighted by atomic mass is 10.1. The predicted molar refractivity (Wildman–Crippen MR) is 106 cm³/mol. The summed E-state index contributed by atoms with van der Waals surface area (Å²) in [7, 11) is 1.80. The normalized spacial score (nSPS) is 20.9. The Balaban J connectivity index is 1.29. The Bertz CT molecular complexity index is 728. The Morgan fingerprint density at radius 1 is 1.19 bits per heavy atom. The number of rotatable bonds is 6. The molecule has 4 rings (SSSR count). The van der Waals surface area contributed by atoms with E-state index < -0.39 is 0 Å². The fourth-order valence-corrected chi connectivity index (χ4v) is 3.94. The molecule has 2 aromatic rings. The zero-order chi connectivity index (χ0) is 18.5. The number of guanidine groups is 1. The van der Waals surface area contributed by atoms with Crippen molar-refractivity contribution in [3.8, 4) is 5.75 Å². The Morgan fingerprint density at radius 2 is 2.04 bits per heavy atom. The maximum atomic E-state index is 6.00. The molecule has 1 aromatic carbocycles. The molecule has 0 aliphatic carbocycles. The SMILES string of the molecule is CN=C(NCC1Cc2ccccc2O1)NCC(c1ccco1)N1CCCC1. The van der Waals surface area contributed by atoms with Crippen LogP contribution >= 0.6 is 0 Å². The van der Waals surface area contributed by atoms with Crippen molar-refractivity contribution in [1.82, 2.24) is 15.5 Å². The average Bonchev–Trinajstić information content (AvgIpc) is 3.46. The molecule has 1 fully saturated rings. The molecule has 0 bridgehead atoms. The zero-order valence-electron chi connectivity index (χ0n) is 15.9. The van der Waals surface area contributed by atoms with Gasteiger partial charge in [0.25, 0.3) is 0 Å². The van der Waals surface area contributed by atoms with E-state index in [0.29, 0.717) is 0 Å². The van der Waals surface area contributed by atoms with Gasteiger partial charge in [0.1, 0.15) is 17.6 Å². The molecule has 1 aromatic heterocycles. The van der Waals surface area contributed by atoms with Crippen molar-refractivity contribution in [2.45, 2.75) is 31.4 Å². The third kappa shape index (κ3) is 4.27. The van der Waals surface area contributed by atoms with Crippen molar-refractivity contribution in [1.29, 1.82) is 0 Å². The van der Waals surface area contributed by atoms with E-state index >= 15 is 0 Å². The van der Waals surface area contributed by atoms with E-state index in [1.807, 2.05) is 18.2 Å². The second-order valence-corrected chi connectivity index (χ2v) is 7.16. The van der Waals surface area contributed by atoms with Gasteiger partial charge in [-0.3, -0.25) is 9.89 Å². The minimum atomic E-state index is 0.139. The van der Waals surface area contributed by atoms with Gasteiger partial charge in [-0.05, 0) is 49.7 Å². The molecule has 2 aliphatic rings. The van der Waals surface area contributed by atoms with Crippen LogP contribution < -0.4 is 15.4 Å². The lowest BCUT2D eigenvalue weighted by Gasteiger charge is -2.27. The van der Waals surface area contributed by atoms with E-state index in [2.05, 4.69) is 38.7 Å². The Hall–Kier alpha value is -2.47. The molecule has 2 aliphatic heterocycles. The molecule has 2 atom stereocenters. The highest BCUT2D eigenvalue weighted by Gasteiger charge is 2.26. The van der Waals surface area contributed by atoms with Gasteiger partial charge in [-0.1, -0.05) is 18.2 Å². The molecule has 6 heteroatoms. The van der Waals surface area contributed by atoms with Crippen LogP contribution in [0.4, 0.5) is 0 Å². The number of hydrogen-bond donors (Lipinski definition) is 2. The van der Waals surface area contributed by atoms with Crippen LogP contribution in [0.2, 0.25) is 0 Å². The quantitative estimate of drug-likeness (QED) is 0.606. The summed E-state index contributed by atoms with van der Waals surface area (Å²) in [5, 5.41) is 6.86. The summed E-state index contributed by atoms with van der Waals surface area (Å²) in [6.45, 7) is 3.73. The zero-order valence-corrected chi connectivity index (χ0v) is 15.9. The molecule has 0 amide bonds. The number of nitrogens with zero attached hydrogens (tertiary/aromatic N) is 2. The van der Waals surface area contributed by atoms with Crippen molar-refractivity contribution >= 4 is 5.96 Å². The summed E-state index contributed by atoms with van der Waals surface area (Å²) in [5.41, 5.74) is 1.28. The number of benzene rings is 1. The molecule has 144 valence electrons. The monoisotopic (exact) mass is 368 g/mol. The first-order valence-corrected chi connectivity index (χ1v) is 9.80. The maximum Gasteiger partial charge on any atom is 0.191 e. The lowest BCUT2D eigenvalue weighted by molar-refractivity contribution is 0.214. The number of likely N-dealkylation sites (tertiary alicyclic amines) is 1. The van der Waals surface area contributed by atoms with Gasteiger partial charge in [-0.15, -0.1) is 0 Å². The van der Waals surface area contributed by atoms with Crippen molar-refractivity contribution in [2.75, 3.05) is 33.2 Å². The van der Waals surface area contributed by atoms with Crippen molar-refractivity contribution in [3.63, 3.8) is 0 Å². The molecular weight excluding hydrogens is 340 g/mol. The fraction of sp³-hybridized carbons (Fsp3) is 0.476. The van der Waals surface area contributed by atoms with Crippen LogP contribution in [-0.4, -0.2) is 50.2 Å². The van der Waals surface area contributed by atoms with Crippen molar-refractivity contribution in [3.05, 3.63) is 54.0 Å². The third-order valence-electron chi connectivity index (χ3n) is 5.35. The van der Waals surface area contributed by atoms with Crippen LogP contribution in [0.5, 0.6) is 5.75 Å². The summed E-state index contributed by atoms with van der Waals surface area (Å²) in [4.78, 5) is 6.85. The lowest BCUT2D eigenvalue weighted by Crippen LogP contribution is -2.45. The highest BCUT2D eigenvalue weighted by Crippen LogP contribution is 2.28. The van der Waals surface area contributed by atoms with E-state index in [-0.39, 0.29) is 12.1 Å². The number of hydrogen-bond acceptors (Lipinski definition) is 4. The highest BCUT2D eigenvalue weighted by atomic mass is 16.5. The molecular formula is C21H28N4O2. The third-order valence-corrected chi connectivity index (χ3v) is 5.35. The van der Waals surface area contributed by atoms with Gasteiger partial charge < -0.3 is 19.8 Å².